The largest absolute Gasteiger partial charge is 0.462 e. The van der Waals surface area contributed by atoms with Gasteiger partial charge in [0.1, 0.15) is 10.8 Å². The number of carbonyl (C=O) groups is 2. The standard InChI is InChI=1S/C21H22FNO3S/c1-3-26-21(25)19-16-10-4-13(2)12-17(16)27-20(19)23-18(24)11-7-14-5-8-15(22)9-6-14/h5-9,11,13H,3-4,10,12H2,1-2H3,(H,23,24)/b11-7+/t13-/m0/s1. The number of fused-ring (bicyclic) bond motifs is 1. The molecule has 0 bridgehead atoms. The van der Waals surface area contributed by atoms with Crippen molar-refractivity contribution in [2.24, 2.45) is 5.92 Å². The number of rotatable bonds is 5. The monoisotopic (exact) mass is 387 g/mol. The lowest BCUT2D eigenvalue weighted by Crippen LogP contribution is -2.15. The van der Waals surface area contributed by atoms with E-state index in [0.29, 0.717) is 16.5 Å². The molecule has 0 fully saturated rings. The van der Waals surface area contributed by atoms with Crippen molar-refractivity contribution in [3.05, 3.63) is 57.7 Å². The van der Waals surface area contributed by atoms with E-state index in [1.165, 1.54) is 29.5 Å². The molecule has 0 aliphatic heterocycles. The van der Waals surface area contributed by atoms with E-state index >= 15 is 0 Å². The molecule has 0 spiro atoms. The maximum Gasteiger partial charge on any atom is 0.341 e. The molecular formula is C21H22FNO3S. The van der Waals surface area contributed by atoms with Crippen LogP contribution in [0.4, 0.5) is 9.39 Å². The third-order valence-corrected chi connectivity index (χ3v) is 5.69. The average Bonchev–Trinajstić information content (AvgIpc) is 2.98. The fourth-order valence-corrected chi connectivity index (χ4v) is 4.56. The third-order valence-electron chi connectivity index (χ3n) is 4.53. The molecule has 1 aliphatic carbocycles. The number of carbonyl (C=O) groups excluding carboxylic acids is 2. The maximum atomic E-state index is 13.0. The summed E-state index contributed by atoms with van der Waals surface area (Å²) in [5, 5.41) is 3.36. The van der Waals surface area contributed by atoms with E-state index < -0.39 is 0 Å². The Kier molecular flexibility index (Phi) is 6.06. The molecule has 1 atom stereocenters. The van der Waals surface area contributed by atoms with E-state index in [9.17, 15) is 14.0 Å². The Labute approximate surface area is 162 Å². The molecule has 0 saturated carbocycles. The van der Waals surface area contributed by atoms with Gasteiger partial charge in [-0.15, -0.1) is 11.3 Å². The Morgan fingerprint density at radius 3 is 2.78 bits per heavy atom. The van der Waals surface area contributed by atoms with E-state index in [0.717, 1.165) is 35.3 Å². The number of hydrogen-bond donors (Lipinski definition) is 1. The summed E-state index contributed by atoms with van der Waals surface area (Å²) >= 11 is 1.46. The van der Waals surface area contributed by atoms with Crippen LogP contribution in [0.2, 0.25) is 0 Å². The molecule has 1 N–H and O–H groups in total. The molecular weight excluding hydrogens is 365 g/mol. The van der Waals surface area contributed by atoms with Gasteiger partial charge >= 0.3 is 5.97 Å². The molecule has 0 radical (unpaired) electrons. The first-order valence-corrected chi connectivity index (χ1v) is 9.85. The zero-order valence-electron chi connectivity index (χ0n) is 15.4. The van der Waals surface area contributed by atoms with Gasteiger partial charge in [-0.3, -0.25) is 4.79 Å². The number of hydrogen-bond acceptors (Lipinski definition) is 4. The molecule has 1 heterocycles. The molecule has 0 saturated heterocycles. The molecule has 0 unspecified atom stereocenters. The smallest absolute Gasteiger partial charge is 0.341 e. The van der Waals surface area contributed by atoms with Gasteiger partial charge in [-0.1, -0.05) is 19.1 Å². The highest BCUT2D eigenvalue weighted by Gasteiger charge is 2.28. The molecule has 27 heavy (non-hydrogen) atoms. The molecule has 4 nitrogen and oxygen atoms in total. The molecule has 1 aromatic heterocycles. The van der Waals surface area contributed by atoms with E-state index in [2.05, 4.69) is 12.2 Å². The number of thiophene rings is 1. The number of benzene rings is 1. The van der Waals surface area contributed by atoms with Gasteiger partial charge < -0.3 is 10.1 Å². The van der Waals surface area contributed by atoms with E-state index in [-0.39, 0.29) is 24.3 Å². The maximum absolute atomic E-state index is 13.0. The summed E-state index contributed by atoms with van der Waals surface area (Å²) < 4.78 is 18.2. The van der Waals surface area contributed by atoms with Crippen molar-refractivity contribution in [2.75, 3.05) is 11.9 Å². The minimum atomic E-state index is -0.387. The van der Waals surface area contributed by atoms with Crippen LogP contribution in [0.25, 0.3) is 6.08 Å². The topological polar surface area (TPSA) is 55.4 Å². The van der Waals surface area contributed by atoms with E-state index in [1.54, 1.807) is 25.1 Å². The number of nitrogens with one attached hydrogen (secondary N) is 1. The molecule has 142 valence electrons. The fraction of sp³-hybridized carbons (Fsp3) is 0.333. The number of anilines is 1. The van der Waals surface area contributed by atoms with Crippen molar-refractivity contribution >= 4 is 34.3 Å². The molecule has 1 aliphatic rings. The summed E-state index contributed by atoms with van der Waals surface area (Å²) in [5.74, 6) is -0.485. The van der Waals surface area contributed by atoms with E-state index in [4.69, 9.17) is 4.74 Å². The zero-order chi connectivity index (χ0) is 19.4. The molecule has 3 rings (SSSR count). The molecule has 2 aromatic rings. The second kappa shape index (κ2) is 8.48. The van der Waals surface area contributed by atoms with Gasteiger partial charge in [-0.2, -0.15) is 0 Å². The van der Waals surface area contributed by atoms with Crippen LogP contribution in [0.3, 0.4) is 0 Å². The lowest BCUT2D eigenvalue weighted by Gasteiger charge is -2.18. The van der Waals surface area contributed by atoms with Crippen molar-refractivity contribution < 1.29 is 18.7 Å². The lowest BCUT2D eigenvalue weighted by atomic mass is 9.88. The first kappa shape index (κ1) is 19.3. The van der Waals surface area contributed by atoms with Gasteiger partial charge in [0.2, 0.25) is 5.91 Å². The summed E-state index contributed by atoms with van der Waals surface area (Å²) in [7, 11) is 0. The summed E-state index contributed by atoms with van der Waals surface area (Å²) in [6.07, 6.45) is 5.74. The van der Waals surface area contributed by atoms with Crippen LogP contribution in [0.15, 0.2) is 30.3 Å². The lowest BCUT2D eigenvalue weighted by molar-refractivity contribution is -0.111. The highest BCUT2D eigenvalue weighted by molar-refractivity contribution is 7.17. The second-order valence-corrected chi connectivity index (χ2v) is 7.76. The van der Waals surface area contributed by atoms with Crippen molar-refractivity contribution in [2.45, 2.75) is 33.1 Å². The average molecular weight is 387 g/mol. The fourth-order valence-electron chi connectivity index (χ4n) is 3.16. The SMILES string of the molecule is CCOC(=O)c1c(NC(=O)/C=C/c2ccc(F)cc2)sc2c1CC[C@H](C)C2. The normalized spacial score (nSPS) is 16.2. The molecule has 6 heteroatoms. The van der Waals surface area contributed by atoms with Crippen LogP contribution in [0.1, 0.15) is 46.6 Å². The van der Waals surface area contributed by atoms with Gasteiger partial charge in [0.05, 0.1) is 12.2 Å². The van der Waals surface area contributed by atoms with Crippen LogP contribution in [-0.2, 0) is 22.4 Å². The summed E-state index contributed by atoms with van der Waals surface area (Å²) in [5.41, 5.74) is 2.22. The Morgan fingerprint density at radius 1 is 1.33 bits per heavy atom. The first-order valence-electron chi connectivity index (χ1n) is 9.04. The number of esters is 1. The first-order chi connectivity index (χ1) is 13.0. The number of ether oxygens (including phenoxy) is 1. The minimum absolute atomic E-state index is 0.289. The summed E-state index contributed by atoms with van der Waals surface area (Å²) in [6.45, 7) is 4.25. The predicted molar refractivity (Wildman–Crippen MR) is 106 cm³/mol. The summed E-state index contributed by atoms with van der Waals surface area (Å²) in [4.78, 5) is 25.9. The van der Waals surface area contributed by atoms with Gasteiger partial charge in [0.25, 0.3) is 0 Å². The quantitative estimate of drug-likeness (QED) is 0.590. The van der Waals surface area contributed by atoms with Crippen LogP contribution < -0.4 is 5.32 Å². The van der Waals surface area contributed by atoms with Crippen molar-refractivity contribution in [3.8, 4) is 0 Å². The van der Waals surface area contributed by atoms with E-state index in [1.807, 2.05) is 0 Å². The number of amides is 1. The van der Waals surface area contributed by atoms with Crippen LogP contribution in [0.5, 0.6) is 0 Å². The minimum Gasteiger partial charge on any atom is -0.462 e. The van der Waals surface area contributed by atoms with Crippen molar-refractivity contribution in [1.29, 1.82) is 0 Å². The van der Waals surface area contributed by atoms with Crippen molar-refractivity contribution in [3.63, 3.8) is 0 Å². The summed E-state index contributed by atoms with van der Waals surface area (Å²) in [6, 6.07) is 5.86. The Bertz CT molecular complexity index is 870. The zero-order valence-corrected chi connectivity index (χ0v) is 16.2. The predicted octanol–water partition coefficient (Wildman–Crippen LogP) is 4.84. The van der Waals surface area contributed by atoms with Gasteiger partial charge in [-0.05, 0) is 61.4 Å². The second-order valence-electron chi connectivity index (χ2n) is 6.65. The highest BCUT2D eigenvalue weighted by atomic mass is 32.1. The van der Waals surface area contributed by atoms with Crippen molar-refractivity contribution in [1.82, 2.24) is 0 Å². The molecule has 1 amide bonds. The Morgan fingerprint density at radius 2 is 2.07 bits per heavy atom. The van der Waals surface area contributed by atoms with Crippen LogP contribution in [0, 0.1) is 11.7 Å². The van der Waals surface area contributed by atoms with Crippen LogP contribution in [-0.4, -0.2) is 18.5 Å². The molecule has 1 aromatic carbocycles. The Hall–Kier alpha value is -2.47. The Balaban J connectivity index is 1.81. The highest BCUT2D eigenvalue weighted by Crippen LogP contribution is 2.40. The van der Waals surface area contributed by atoms with Gasteiger partial charge in [0.15, 0.2) is 0 Å². The van der Waals surface area contributed by atoms with Crippen LogP contribution >= 0.6 is 11.3 Å². The third kappa shape index (κ3) is 4.63. The van der Waals surface area contributed by atoms with Gasteiger partial charge in [0, 0.05) is 11.0 Å². The number of halogens is 1. The van der Waals surface area contributed by atoms with Gasteiger partial charge in [-0.25, -0.2) is 9.18 Å².